The van der Waals surface area contributed by atoms with Crippen LogP contribution in [-0.2, 0) is 6.54 Å². The summed E-state index contributed by atoms with van der Waals surface area (Å²) < 4.78 is 0. The van der Waals surface area contributed by atoms with Gasteiger partial charge in [-0.25, -0.2) is 9.97 Å². The number of hydrogen-bond donors (Lipinski definition) is 0. The summed E-state index contributed by atoms with van der Waals surface area (Å²) in [6.07, 6.45) is 9.08. The van der Waals surface area contributed by atoms with Gasteiger partial charge < -0.3 is 0 Å². The van der Waals surface area contributed by atoms with Gasteiger partial charge in [0.25, 0.3) is 0 Å². The van der Waals surface area contributed by atoms with Gasteiger partial charge in [0.05, 0.1) is 4.88 Å². The standard InChI is InChI=1S/C15H19N3S/c1-2-4-11-18(10-3-1)12-13-6-7-14(19-13)15-16-8-5-9-17-15/h5-9H,1-4,10-12H2. The number of aromatic nitrogens is 2. The molecule has 0 radical (unpaired) electrons. The van der Waals surface area contributed by atoms with Crippen LogP contribution in [0.3, 0.4) is 0 Å². The summed E-state index contributed by atoms with van der Waals surface area (Å²) in [6.45, 7) is 3.57. The summed E-state index contributed by atoms with van der Waals surface area (Å²) in [5, 5.41) is 0. The fourth-order valence-electron chi connectivity index (χ4n) is 2.52. The van der Waals surface area contributed by atoms with Gasteiger partial charge in [-0.2, -0.15) is 0 Å². The summed E-state index contributed by atoms with van der Waals surface area (Å²) in [6, 6.07) is 6.23. The second kappa shape index (κ2) is 6.26. The zero-order valence-electron chi connectivity index (χ0n) is 11.1. The fourth-order valence-corrected chi connectivity index (χ4v) is 3.52. The first-order valence-corrected chi connectivity index (χ1v) is 7.82. The predicted octanol–water partition coefficient (Wildman–Crippen LogP) is 3.58. The van der Waals surface area contributed by atoms with E-state index in [4.69, 9.17) is 0 Å². The first-order valence-electron chi connectivity index (χ1n) is 7.00. The zero-order chi connectivity index (χ0) is 12.9. The van der Waals surface area contributed by atoms with E-state index in [-0.39, 0.29) is 0 Å². The number of rotatable bonds is 3. The summed E-state index contributed by atoms with van der Waals surface area (Å²) in [5.41, 5.74) is 0. The molecule has 1 aliphatic rings. The molecule has 1 fully saturated rings. The predicted molar refractivity (Wildman–Crippen MR) is 79.1 cm³/mol. The molecule has 0 bridgehead atoms. The van der Waals surface area contributed by atoms with Crippen molar-refractivity contribution < 1.29 is 0 Å². The summed E-state index contributed by atoms with van der Waals surface area (Å²) in [7, 11) is 0. The number of likely N-dealkylation sites (tertiary alicyclic amines) is 1. The van der Waals surface area contributed by atoms with E-state index in [0.717, 1.165) is 12.4 Å². The van der Waals surface area contributed by atoms with Crippen LogP contribution in [0.2, 0.25) is 0 Å². The molecule has 0 saturated carbocycles. The van der Waals surface area contributed by atoms with Gasteiger partial charge in [0, 0.05) is 23.8 Å². The maximum atomic E-state index is 4.31. The highest BCUT2D eigenvalue weighted by molar-refractivity contribution is 7.15. The molecule has 1 saturated heterocycles. The molecule has 0 aliphatic carbocycles. The van der Waals surface area contributed by atoms with E-state index >= 15 is 0 Å². The zero-order valence-corrected chi connectivity index (χ0v) is 11.9. The molecule has 100 valence electrons. The van der Waals surface area contributed by atoms with E-state index in [1.54, 1.807) is 12.4 Å². The van der Waals surface area contributed by atoms with Gasteiger partial charge in [-0.05, 0) is 44.1 Å². The summed E-state index contributed by atoms with van der Waals surface area (Å²) >= 11 is 1.82. The van der Waals surface area contributed by atoms with E-state index in [9.17, 15) is 0 Å². The lowest BCUT2D eigenvalue weighted by Gasteiger charge is -2.18. The van der Waals surface area contributed by atoms with Gasteiger partial charge >= 0.3 is 0 Å². The molecule has 3 heterocycles. The van der Waals surface area contributed by atoms with Crippen molar-refractivity contribution >= 4 is 11.3 Å². The number of thiophene rings is 1. The third-order valence-corrected chi connectivity index (χ3v) is 4.59. The van der Waals surface area contributed by atoms with E-state index in [2.05, 4.69) is 27.0 Å². The molecular weight excluding hydrogens is 254 g/mol. The van der Waals surface area contributed by atoms with Crippen LogP contribution >= 0.6 is 11.3 Å². The Bertz CT molecular complexity index is 501. The molecule has 2 aromatic heterocycles. The minimum Gasteiger partial charge on any atom is -0.298 e. The Balaban J connectivity index is 1.68. The van der Waals surface area contributed by atoms with Crippen LogP contribution in [0, 0.1) is 0 Å². The lowest BCUT2D eigenvalue weighted by molar-refractivity contribution is 0.279. The molecule has 0 atom stereocenters. The average molecular weight is 273 g/mol. The molecule has 3 rings (SSSR count). The lowest BCUT2D eigenvalue weighted by atomic mass is 10.2. The highest BCUT2D eigenvalue weighted by Gasteiger charge is 2.11. The Morgan fingerprint density at radius 2 is 1.74 bits per heavy atom. The van der Waals surface area contributed by atoms with Crippen molar-refractivity contribution in [2.75, 3.05) is 13.1 Å². The fraction of sp³-hybridized carbons (Fsp3) is 0.467. The highest BCUT2D eigenvalue weighted by atomic mass is 32.1. The van der Waals surface area contributed by atoms with Crippen molar-refractivity contribution in [1.82, 2.24) is 14.9 Å². The minimum absolute atomic E-state index is 0.842. The molecule has 4 heteroatoms. The first kappa shape index (κ1) is 12.8. The normalized spacial score (nSPS) is 17.3. The highest BCUT2D eigenvalue weighted by Crippen LogP contribution is 2.26. The molecular formula is C15H19N3S. The van der Waals surface area contributed by atoms with Crippen LogP contribution in [0.1, 0.15) is 30.6 Å². The van der Waals surface area contributed by atoms with E-state index < -0.39 is 0 Å². The number of hydrogen-bond acceptors (Lipinski definition) is 4. The smallest absolute Gasteiger partial charge is 0.169 e. The molecule has 0 amide bonds. The van der Waals surface area contributed by atoms with Crippen LogP contribution in [0.5, 0.6) is 0 Å². The van der Waals surface area contributed by atoms with Crippen LogP contribution in [0.15, 0.2) is 30.6 Å². The summed E-state index contributed by atoms with van der Waals surface area (Å²) in [4.78, 5) is 13.8. The Labute approximate surface area is 118 Å². The van der Waals surface area contributed by atoms with Gasteiger partial charge in [-0.15, -0.1) is 11.3 Å². The van der Waals surface area contributed by atoms with E-state index in [0.29, 0.717) is 0 Å². The monoisotopic (exact) mass is 273 g/mol. The van der Waals surface area contributed by atoms with Crippen molar-refractivity contribution in [2.45, 2.75) is 32.2 Å². The number of nitrogens with zero attached hydrogens (tertiary/aromatic N) is 3. The van der Waals surface area contributed by atoms with Gasteiger partial charge in [-0.1, -0.05) is 12.8 Å². The third kappa shape index (κ3) is 3.39. The summed E-state index contributed by atoms with van der Waals surface area (Å²) in [5.74, 6) is 0.842. The second-order valence-corrected chi connectivity index (χ2v) is 6.20. The second-order valence-electron chi connectivity index (χ2n) is 5.03. The minimum atomic E-state index is 0.842. The van der Waals surface area contributed by atoms with Gasteiger partial charge in [0.2, 0.25) is 0 Å². The average Bonchev–Trinajstić information content (AvgIpc) is 2.76. The maximum Gasteiger partial charge on any atom is 0.169 e. The van der Waals surface area contributed by atoms with Gasteiger partial charge in [-0.3, -0.25) is 4.90 Å². The van der Waals surface area contributed by atoms with Crippen LogP contribution in [-0.4, -0.2) is 28.0 Å². The van der Waals surface area contributed by atoms with Crippen molar-refractivity contribution in [2.24, 2.45) is 0 Å². The molecule has 0 unspecified atom stereocenters. The van der Waals surface area contributed by atoms with E-state index in [1.807, 2.05) is 17.4 Å². The SMILES string of the molecule is c1cnc(-c2ccc(CN3CCCCCC3)s2)nc1. The lowest BCUT2D eigenvalue weighted by Crippen LogP contribution is -2.23. The molecule has 0 aromatic carbocycles. The molecule has 0 spiro atoms. The van der Waals surface area contributed by atoms with Crippen LogP contribution in [0.4, 0.5) is 0 Å². The van der Waals surface area contributed by atoms with Crippen LogP contribution in [0.25, 0.3) is 10.7 Å². The molecule has 19 heavy (non-hydrogen) atoms. The van der Waals surface area contributed by atoms with Crippen molar-refractivity contribution in [3.8, 4) is 10.7 Å². The quantitative estimate of drug-likeness (QED) is 0.856. The Morgan fingerprint density at radius 3 is 2.47 bits per heavy atom. The first-order chi connectivity index (χ1) is 9.42. The molecule has 2 aromatic rings. The van der Waals surface area contributed by atoms with E-state index in [1.165, 1.54) is 48.5 Å². The van der Waals surface area contributed by atoms with Crippen molar-refractivity contribution in [3.63, 3.8) is 0 Å². The van der Waals surface area contributed by atoms with Crippen LogP contribution < -0.4 is 0 Å². The third-order valence-electron chi connectivity index (χ3n) is 3.53. The Hall–Kier alpha value is -1.26. The molecule has 0 N–H and O–H groups in total. The van der Waals surface area contributed by atoms with Crippen molar-refractivity contribution in [1.29, 1.82) is 0 Å². The largest absolute Gasteiger partial charge is 0.298 e. The topological polar surface area (TPSA) is 29.0 Å². The molecule has 3 nitrogen and oxygen atoms in total. The Morgan fingerprint density at radius 1 is 1.00 bits per heavy atom. The van der Waals surface area contributed by atoms with Gasteiger partial charge in [0.15, 0.2) is 5.82 Å². The Kier molecular flexibility index (Phi) is 4.20. The van der Waals surface area contributed by atoms with Crippen molar-refractivity contribution in [3.05, 3.63) is 35.5 Å². The molecule has 1 aliphatic heterocycles. The van der Waals surface area contributed by atoms with Gasteiger partial charge in [0.1, 0.15) is 0 Å². The maximum absolute atomic E-state index is 4.31.